The fourth-order valence-corrected chi connectivity index (χ4v) is 4.90. The standard InChI is InChI=1S/C19H23N3OS3/c1-3-14-6-8-15(9-7-14)16-12-25-18(20-16)21-17(23)13(2)26-19(24)22-10-4-5-11-22/h6-9,12-13H,3-5,10-11H2,1-2H3,(H,20,21,23)/t13-/m1/s1. The van der Waals surface area contributed by atoms with Crippen LogP contribution in [0.3, 0.4) is 0 Å². The number of benzene rings is 1. The van der Waals surface area contributed by atoms with E-state index in [9.17, 15) is 4.79 Å². The zero-order valence-electron chi connectivity index (χ0n) is 15.0. The number of aromatic nitrogens is 1. The van der Waals surface area contributed by atoms with Gasteiger partial charge in [-0.2, -0.15) is 0 Å². The Kier molecular flexibility index (Phi) is 6.67. The quantitative estimate of drug-likeness (QED) is 0.723. The van der Waals surface area contributed by atoms with Crippen LogP contribution in [-0.4, -0.2) is 38.5 Å². The van der Waals surface area contributed by atoms with Gasteiger partial charge in [-0.15, -0.1) is 11.3 Å². The first-order valence-electron chi connectivity index (χ1n) is 8.88. The summed E-state index contributed by atoms with van der Waals surface area (Å²) in [7, 11) is 0. The van der Waals surface area contributed by atoms with Gasteiger partial charge in [-0.1, -0.05) is 55.2 Å². The third-order valence-corrected chi connectivity index (χ3v) is 6.74. The molecule has 7 heteroatoms. The summed E-state index contributed by atoms with van der Waals surface area (Å²) >= 11 is 8.36. The number of anilines is 1. The third kappa shape index (κ3) is 4.84. The molecular formula is C19H23N3OS3. The monoisotopic (exact) mass is 405 g/mol. The average Bonchev–Trinajstić information content (AvgIpc) is 3.34. The highest BCUT2D eigenvalue weighted by atomic mass is 32.2. The van der Waals surface area contributed by atoms with Gasteiger partial charge in [0.05, 0.1) is 10.9 Å². The number of rotatable bonds is 5. The Morgan fingerprint density at radius 2 is 2.04 bits per heavy atom. The zero-order valence-corrected chi connectivity index (χ0v) is 17.5. The molecule has 0 bridgehead atoms. The van der Waals surface area contributed by atoms with E-state index in [1.807, 2.05) is 12.3 Å². The molecule has 0 spiro atoms. The lowest BCUT2D eigenvalue weighted by atomic mass is 10.1. The number of nitrogens with one attached hydrogen (secondary N) is 1. The molecular weight excluding hydrogens is 382 g/mol. The molecule has 3 rings (SSSR count). The van der Waals surface area contributed by atoms with Crippen molar-refractivity contribution in [3.8, 4) is 11.3 Å². The van der Waals surface area contributed by atoms with Crippen molar-refractivity contribution in [1.29, 1.82) is 0 Å². The highest BCUT2D eigenvalue weighted by molar-refractivity contribution is 8.23. The van der Waals surface area contributed by atoms with Crippen LogP contribution in [0, 0.1) is 0 Å². The second-order valence-corrected chi connectivity index (χ2v) is 9.13. The molecule has 1 aliphatic heterocycles. The largest absolute Gasteiger partial charge is 0.358 e. The Bertz CT molecular complexity index is 767. The van der Waals surface area contributed by atoms with Crippen molar-refractivity contribution in [2.45, 2.75) is 38.4 Å². The minimum absolute atomic E-state index is 0.0567. The van der Waals surface area contributed by atoms with E-state index in [1.165, 1.54) is 41.5 Å². The highest BCUT2D eigenvalue weighted by Gasteiger charge is 2.22. The van der Waals surface area contributed by atoms with Crippen molar-refractivity contribution in [3.05, 3.63) is 35.2 Å². The van der Waals surface area contributed by atoms with Crippen molar-refractivity contribution >= 4 is 50.7 Å². The summed E-state index contributed by atoms with van der Waals surface area (Å²) in [4.78, 5) is 19.2. The zero-order chi connectivity index (χ0) is 18.5. The Morgan fingerprint density at radius 3 is 2.69 bits per heavy atom. The smallest absolute Gasteiger partial charge is 0.239 e. The van der Waals surface area contributed by atoms with Gasteiger partial charge in [0.2, 0.25) is 5.91 Å². The van der Waals surface area contributed by atoms with Crippen LogP contribution in [0.2, 0.25) is 0 Å². The number of likely N-dealkylation sites (tertiary alicyclic amines) is 1. The third-order valence-electron chi connectivity index (χ3n) is 4.40. The Hall–Kier alpha value is -1.44. The second-order valence-electron chi connectivity index (χ2n) is 6.30. The van der Waals surface area contributed by atoms with Gasteiger partial charge in [-0.05, 0) is 31.7 Å². The van der Waals surface area contributed by atoms with E-state index in [1.54, 1.807) is 0 Å². The van der Waals surface area contributed by atoms with Gasteiger partial charge in [-0.25, -0.2) is 4.98 Å². The van der Waals surface area contributed by atoms with Gasteiger partial charge in [0.25, 0.3) is 0 Å². The van der Waals surface area contributed by atoms with E-state index in [4.69, 9.17) is 12.2 Å². The highest BCUT2D eigenvalue weighted by Crippen LogP contribution is 2.26. The molecule has 138 valence electrons. The maximum Gasteiger partial charge on any atom is 0.239 e. The van der Waals surface area contributed by atoms with Crippen LogP contribution < -0.4 is 5.32 Å². The number of hydrogen-bond donors (Lipinski definition) is 1. The molecule has 0 radical (unpaired) electrons. The van der Waals surface area contributed by atoms with E-state index in [0.717, 1.165) is 35.1 Å². The van der Waals surface area contributed by atoms with Gasteiger partial charge in [-0.3, -0.25) is 4.79 Å². The first-order valence-corrected chi connectivity index (χ1v) is 11.0. The van der Waals surface area contributed by atoms with Gasteiger partial charge in [0.15, 0.2) is 5.13 Å². The van der Waals surface area contributed by atoms with Crippen LogP contribution in [0.4, 0.5) is 5.13 Å². The number of thioether (sulfide) groups is 1. The topological polar surface area (TPSA) is 45.2 Å². The number of hydrogen-bond acceptors (Lipinski definition) is 5. The molecule has 0 saturated carbocycles. The van der Waals surface area contributed by atoms with Crippen molar-refractivity contribution in [1.82, 2.24) is 9.88 Å². The molecule has 0 unspecified atom stereocenters. The fourth-order valence-electron chi connectivity index (χ4n) is 2.76. The summed E-state index contributed by atoms with van der Waals surface area (Å²) in [6.45, 7) is 6.04. The summed E-state index contributed by atoms with van der Waals surface area (Å²) in [6, 6.07) is 8.38. The minimum atomic E-state index is -0.237. The minimum Gasteiger partial charge on any atom is -0.358 e. The summed E-state index contributed by atoms with van der Waals surface area (Å²) in [5, 5.41) is 5.29. The Morgan fingerprint density at radius 1 is 1.35 bits per heavy atom. The van der Waals surface area contributed by atoms with Crippen molar-refractivity contribution in [3.63, 3.8) is 0 Å². The van der Waals surface area contributed by atoms with Crippen molar-refractivity contribution < 1.29 is 4.79 Å². The number of carbonyl (C=O) groups excluding carboxylic acids is 1. The first-order chi connectivity index (χ1) is 12.6. The lowest BCUT2D eigenvalue weighted by molar-refractivity contribution is -0.115. The Labute approximate surface area is 168 Å². The van der Waals surface area contributed by atoms with E-state index >= 15 is 0 Å². The van der Waals surface area contributed by atoms with E-state index < -0.39 is 0 Å². The molecule has 1 fully saturated rings. The molecule has 1 aromatic heterocycles. The molecule has 26 heavy (non-hydrogen) atoms. The van der Waals surface area contributed by atoms with Crippen molar-refractivity contribution in [2.75, 3.05) is 18.4 Å². The molecule has 2 aromatic rings. The van der Waals surface area contributed by atoms with Crippen LogP contribution in [0.5, 0.6) is 0 Å². The van der Waals surface area contributed by atoms with Crippen LogP contribution in [0.15, 0.2) is 29.6 Å². The SMILES string of the molecule is CCc1ccc(-c2csc(NC(=O)[C@@H](C)SC(=S)N3CCCC3)n2)cc1. The molecule has 1 saturated heterocycles. The van der Waals surface area contributed by atoms with Gasteiger partial charge >= 0.3 is 0 Å². The maximum absolute atomic E-state index is 12.4. The van der Waals surface area contributed by atoms with Gasteiger partial charge in [0, 0.05) is 24.0 Å². The Balaban J connectivity index is 1.57. The summed E-state index contributed by atoms with van der Waals surface area (Å²) in [6.07, 6.45) is 3.39. The lowest BCUT2D eigenvalue weighted by Gasteiger charge is -2.20. The van der Waals surface area contributed by atoms with Gasteiger partial charge < -0.3 is 10.2 Å². The van der Waals surface area contributed by atoms with E-state index in [2.05, 4.69) is 46.4 Å². The average molecular weight is 406 g/mol. The molecule has 2 heterocycles. The van der Waals surface area contributed by atoms with Crippen molar-refractivity contribution in [2.24, 2.45) is 0 Å². The molecule has 1 N–H and O–H groups in total. The van der Waals surface area contributed by atoms with Gasteiger partial charge in [0.1, 0.15) is 4.32 Å². The summed E-state index contributed by atoms with van der Waals surface area (Å²) in [5.41, 5.74) is 3.26. The molecule has 1 aromatic carbocycles. The number of aryl methyl sites for hydroxylation is 1. The number of amides is 1. The molecule has 1 atom stereocenters. The van der Waals surface area contributed by atoms with Crippen LogP contribution in [-0.2, 0) is 11.2 Å². The number of thiazole rings is 1. The molecule has 4 nitrogen and oxygen atoms in total. The summed E-state index contributed by atoms with van der Waals surface area (Å²) in [5.74, 6) is -0.0567. The van der Waals surface area contributed by atoms with E-state index in [0.29, 0.717) is 5.13 Å². The van der Waals surface area contributed by atoms with E-state index in [-0.39, 0.29) is 11.2 Å². The molecule has 1 aliphatic rings. The predicted molar refractivity (Wildman–Crippen MR) is 116 cm³/mol. The lowest BCUT2D eigenvalue weighted by Crippen LogP contribution is -2.29. The first kappa shape index (κ1) is 19.3. The number of thiocarbonyl (C=S) groups is 1. The summed E-state index contributed by atoms with van der Waals surface area (Å²) < 4.78 is 0.820. The second kappa shape index (κ2) is 8.97. The van der Waals surface area contributed by atoms with Crippen LogP contribution in [0.25, 0.3) is 11.3 Å². The fraction of sp³-hybridized carbons (Fsp3) is 0.421. The normalized spacial score (nSPS) is 15.1. The predicted octanol–water partition coefficient (Wildman–Crippen LogP) is 4.81. The molecule has 1 amide bonds. The number of carbonyl (C=O) groups is 1. The number of nitrogens with zero attached hydrogens (tertiary/aromatic N) is 2. The van der Waals surface area contributed by atoms with Crippen LogP contribution >= 0.6 is 35.3 Å². The maximum atomic E-state index is 12.4. The molecule has 0 aliphatic carbocycles. The van der Waals surface area contributed by atoms with Crippen LogP contribution in [0.1, 0.15) is 32.3 Å².